The molecule has 2 rings (SSSR count). The lowest BCUT2D eigenvalue weighted by Gasteiger charge is -2.25. The smallest absolute Gasteiger partial charge is 0.232 e. The molecule has 1 heterocycles. The molecule has 0 saturated carbocycles. The standard InChI is InChI=1S/C15H21FN2O2/c1-11-9-12(10-20-11)15(19)18(8-4-7-17)14-6-3-2-5-13(14)16/h2-3,5-6,11-12H,4,7-10,17H2,1H3. The van der Waals surface area contributed by atoms with E-state index in [9.17, 15) is 9.18 Å². The molecule has 0 radical (unpaired) electrons. The summed E-state index contributed by atoms with van der Waals surface area (Å²) in [5, 5.41) is 0. The number of hydrogen-bond acceptors (Lipinski definition) is 3. The number of rotatable bonds is 5. The average molecular weight is 280 g/mol. The predicted molar refractivity (Wildman–Crippen MR) is 75.9 cm³/mol. The van der Waals surface area contributed by atoms with E-state index < -0.39 is 0 Å². The molecule has 2 unspecified atom stereocenters. The SMILES string of the molecule is CC1CC(C(=O)N(CCCN)c2ccccc2F)CO1. The van der Waals surface area contributed by atoms with E-state index in [1.54, 1.807) is 18.2 Å². The van der Waals surface area contributed by atoms with Crippen LogP contribution in [0.15, 0.2) is 24.3 Å². The number of nitrogens with two attached hydrogens (primary N) is 1. The Kier molecular flexibility index (Phi) is 5.09. The Balaban J connectivity index is 2.19. The van der Waals surface area contributed by atoms with Gasteiger partial charge in [0.05, 0.1) is 24.3 Å². The zero-order valence-electron chi connectivity index (χ0n) is 11.7. The lowest BCUT2D eigenvalue weighted by atomic mass is 10.0. The summed E-state index contributed by atoms with van der Waals surface area (Å²) in [6.07, 6.45) is 1.41. The molecule has 1 aliphatic heterocycles. The Morgan fingerprint density at radius 3 is 2.85 bits per heavy atom. The number of halogens is 1. The molecule has 1 aromatic carbocycles. The molecule has 0 aliphatic carbocycles. The van der Waals surface area contributed by atoms with Crippen LogP contribution in [0.3, 0.4) is 0 Å². The highest BCUT2D eigenvalue weighted by molar-refractivity contribution is 5.95. The van der Waals surface area contributed by atoms with Gasteiger partial charge in [-0.25, -0.2) is 4.39 Å². The van der Waals surface area contributed by atoms with E-state index in [2.05, 4.69) is 0 Å². The number of carbonyl (C=O) groups is 1. The Morgan fingerprint density at radius 1 is 1.50 bits per heavy atom. The van der Waals surface area contributed by atoms with Gasteiger partial charge in [-0.2, -0.15) is 0 Å². The maximum absolute atomic E-state index is 13.9. The molecule has 0 spiro atoms. The third-order valence-corrected chi connectivity index (χ3v) is 3.54. The van der Waals surface area contributed by atoms with Gasteiger partial charge in [-0.05, 0) is 38.4 Å². The first-order chi connectivity index (χ1) is 9.63. The highest BCUT2D eigenvalue weighted by Gasteiger charge is 2.32. The number of carbonyl (C=O) groups excluding carboxylic acids is 1. The zero-order valence-corrected chi connectivity index (χ0v) is 11.7. The van der Waals surface area contributed by atoms with Crippen LogP contribution in [0.5, 0.6) is 0 Å². The molecule has 20 heavy (non-hydrogen) atoms. The van der Waals surface area contributed by atoms with E-state index in [-0.39, 0.29) is 23.7 Å². The van der Waals surface area contributed by atoms with Gasteiger partial charge in [0.1, 0.15) is 5.82 Å². The minimum atomic E-state index is -0.384. The fourth-order valence-corrected chi connectivity index (χ4v) is 2.48. The van der Waals surface area contributed by atoms with Crippen LogP contribution in [0.2, 0.25) is 0 Å². The van der Waals surface area contributed by atoms with Crippen molar-refractivity contribution in [2.24, 2.45) is 11.7 Å². The van der Waals surface area contributed by atoms with E-state index in [0.29, 0.717) is 38.2 Å². The second-order valence-electron chi connectivity index (χ2n) is 5.16. The lowest BCUT2D eigenvalue weighted by molar-refractivity contribution is -0.122. The highest BCUT2D eigenvalue weighted by Crippen LogP contribution is 2.26. The third kappa shape index (κ3) is 3.35. The van der Waals surface area contributed by atoms with Gasteiger partial charge in [0.25, 0.3) is 0 Å². The zero-order chi connectivity index (χ0) is 14.5. The van der Waals surface area contributed by atoms with Crippen molar-refractivity contribution >= 4 is 11.6 Å². The van der Waals surface area contributed by atoms with Crippen molar-refractivity contribution in [2.45, 2.75) is 25.9 Å². The summed E-state index contributed by atoms with van der Waals surface area (Å²) in [6, 6.07) is 6.34. The molecular weight excluding hydrogens is 259 g/mol. The highest BCUT2D eigenvalue weighted by atomic mass is 19.1. The summed E-state index contributed by atoms with van der Waals surface area (Å²) in [4.78, 5) is 14.1. The number of ether oxygens (including phenoxy) is 1. The molecule has 2 atom stereocenters. The monoisotopic (exact) mass is 280 g/mol. The Morgan fingerprint density at radius 2 is 2.25 bits per heavy atom. The van der Waals surface area contributed by atoms with Gasteiger partial charge in [-0.1, -0.05) is 12.1 Å². The fraction of sp³-hybridized carbons (Fsp3) is 0.533. The molecule has 1 aromatic rings. The van der Waals surface area contributed by atoms with E-state index in [1.165, 1.54) is 11.0 Å². The molecule has 0 aromatic heterocycles. The Hall–Kier alpha value is -1.46. The third-order valence-electron chi connectivity index (χ3n) is 3.54. The Labute approximate surface area is 118 Å². The molecule has 4 nitrogen and oxygen atoms in total. The summed E-state index contributed by atoms with van der Waals surface area (Å²) in [7, 11) is 0. The van der Waals surface area contributed by atoms with Crippen LogP contribution < -0.4 is 10.6 Å². The predicted octanol–water partition coefficient (Wildman–Crippen LogP) is 1.93. The minimum Gasteiger partial charge on any atom is -0.378 e. The number of para-hydroxylation sites is 1. The molecule has 1 amide bonds. The van der Waals surface area contributed by atoms with Gasteiger partial charge in [-0.3, -0.25) is 4.79 Å². The first-order valence-corrected chi connectivity index (χ1v) is 7.01. The fourth-order valence-electron chi connectivity index (χ4n) is 2.48. The summed E-state index contributed by atoms with van der Waals surface area (Å²) < 4.78 is 19.4. The van der Waals surface area contributed by atoms with Crippen molar-refractivity contribution in [3.63, 3.8) is 0 Å². The Bertz CT molecular complexity index is 467. The van der Waals surface area contributed by atoms with Crippen molar-refractivity contribution in [1.29, 1.82) is 0 Å². The molecule has 0 bridgehead atoms. The van der Waals surface area contributed by atoms with Crippen LogP contribution in [0.1, 0.15) is 19.8 Å². The summed E-state index contributed by atoms with van der Waals surface area (Å²) in [6.45, 7) is 3.26. The summed E-state index contributed by atoms with van der Waals surface area (Å²) in [5.41, 5.74) is 5.84. The summed E-state index contributed by atoms with van der Waals surface area (Å²) >= 11 is 0. The average Bonchev–Trinajstić information content (AvgIpc) is 2.87. The van der Waals surface area contributed by atoms with E-state index in [4.69, 9.17) is 10.5 Å². The van der Waals surface area contributed by atoms with Crippen LogP contribution in [-0.2, 0) is 9.53 Å². The normalized spacial score (nSPS) is 21.9. The molecule has 1 fully saturated rings. The summed E-state index contributed by atoms with van der Waals surface area (Å²) in [5.74, 6) is -0.653. The van der Waals surface area contributed by atoms with E-state index >= 15 is 0 Å². The number of nitrogens with zero attached hydrogens (tertiary/aromatic N) is 1. The second kappa shape index (κ2) is 6.81. The van der Waals surface area contributed by atoms with Crippen molar-refractivity contribution in [2.75, 3.05) is 24.6 Å². The topological polar surface area (TPSA) is 55.6 Å². The van der Waals surface area contributed by atoms with Crippen LogP contribution >= 0.6 is 0 Å². The van der Waals surface area contributed by atoms with Crippen molar-refractivity contribution in [3.05, 3.63) is 30.1 Å². The number of benzene rings is 1. The molecule has 1 aliphatic rings. The minimum absolute atomic E-state index is 0.0760. The van der Waals surface area contributed by atoms with Crippen molar-refractivity contribution in [1.82, 2.24) is 0 Å². The number of hydrogen-bond donors (Lipinski definition) is 1. The van der Waals surface area contributed by atoms with Gasteiger partial charge >= 0.3 is 0 Å². The largest absolute Gasteiger partial charge is 0.378 e. The molecule has 110 valence electrons. The van der Waals surface area contributed by atoms with Crippen LogP contribution in [0, 0.1) is 11.7 Å². The van der Waals surface area contributed by atoms with Gasteiger partial charge in [-0.15, -0.1) is 0 Å². The quantitative estimate of drug-likeness (QED) is 0.896. The van der Waals surface area contributed by atoms with Crippen molar-refractivity contribution in [3.8, 4) is 0 Å². The van der Waals surface area contributed by atoms with Crippen LogP contribution in [-0.4, -0.2) is 31.7 Å². The van der Waals surface area contributed by atoms with Gasteiger partial charge < -0.3 is 15.4 Å². The molecule has 5 heteroatoms. The van der Waals surface area contributed by atoms with Gasteiger partial charge in [0, 0.05) is 6.54 Å². The molecule has 1 saturated heterocycles. The van der Waals surface area contributed by atoms with Crippen LogP contribution in [0.4, 0.5) is 10.1 Å². The molecular formula is C15H21FN2O2. The van der Waals surface area contributed by atoms with E-state index in [1.807, 2.05) is 6.92 Å². The first kappa shape index (κ1) is 14.9. The van der Waals surface area contributed by atoms with Crippen molar-refractivity contribution < 1.29 is 13.9 Å². The molecule has 2 N–H and O–H groups in total. The van der Waals surface area contributed by atoms with Gasteiger partial charge in [0.15, 0.2) is 0 Å². The first-order valence-electron chi connectivity index (χ1n) is 7.01. The maximum atomic E-state index is 13.9. The lowest BCUT2D eigenvalue weighted by Crippen LogP contribution is -2.38. The maximum Gasteiger partial charge on any atom is 0.232 e. The number of anilines is 1. The van der Waals surface area contributed by atoms with Crippen LogP contribution in [0.25, 0.3) is 0 Å². The van der Waals surface area contributed by atoms with E-state index in [0.717, 1.165) is 0 Å². The second-order valence-corrected chi connectivity index (χ2v) is 5.16. The van der Waals surface area contributed by atoms with Gasteiger partial charge in [0.2, 0.25) is 5.91 Å². The number of amides is 1.